The lowest BCUT2D eigenvalue weighted by atomic mass is 10.1. The Morgan fingerprint density at radius 3 is 2.50 bits per heavy atom. The molecule has 0 saturated heterocycles. The summed E-state index contributed by atoms with van der Waals surface area (Å²) in [6.45, 7) is 8.58. The summed E-state index contributed by atoms with van der Waals surface area (Å²) in [6, 6.07) is 0. The van der Waals surface area contributed by atoms with Crippen LogP contribution < -0.4 is 5.32 Å². The minimum atomic E-state index is 0.618. The molecule has 0 aliphatic rings. The molecule has 0 aliphatic carbocycles. The van der Waals surface area contributed by atoms with E-state index in [0.717, 1.165) is 29.5 Å². The van der Waals surface area contributed by atoms with Crippen LogP contribution in [0, 0.1) is 6.92 Å². The van der Waals surface area contributed by atoms with Crippen LogP contribution in [0.25, 0.3) is 0 Å². The van der Waals surface area contributed by atoms with Gasteiger partial charge in [0.1, 0.15) is 11.6 Å². The molecule has 3 nitrogen and oxygen atoms in total. The molecule has 0 aromatic carbocycles. The van der Waals surface area contributed by atoms with Gasteiger partial charge in [0.05, 0.1) is 5.75 Å². The van der Waals surface area contributed by atoms with Crippen LogP contribution >= 0.6 is 11.8 Å². The van der Waals surface area contributed by atoms with E-state index in [-0.39, 0.29) is 0 Å². The summed E-state index contributed by atoms with van der Waals surface area (Å²) in [5.74, 6) is 2.80. The molecule has 1 aromatic heterocycles. The maximum Gasteiger partial charge on any atom is 0.140 e. The number of rotatable bonds is 5. The number of aromatic nitrogens is 2. The smallest absolute Gasteiger partial charge is 0.140 e. The highest BCUT2D eigenvalue weighted by molar-refractivity contribution is 7.99. The number of hydrogen-bond donors (Lipinski definition) is 1. The van der Waals surface area contributed by atoms with Crippen molar-refractivity contribution in [1.82, 2.24) is 9.97 Å². The van der Waals surface area contributed by atoms with Gasteiger partial charge in [0.15, 0.2) is 0 Å². The van der Waals surface area contributed by atoms with E-state index in [1.54, 1.807) is 0 Å². The molecule has 1 rings (SSSR count). The van der Waals surface area contributed by atoms with Crippen molar-refractivity contribution < 1.29 is 0 Å². The van der Waals surface area contributed by atoms with Gasteiger partial charge in [-0.2, -0.15) is 11.8 Å². The minimum Gasteiger partial charge on any atom is -0.373 e. The van der Waals surface area contributed by atoms with E-state index < -0.39 is 0 Å². The molecule has 0 atom stereocenters. The van der Waals surface area contributed by atoms with Gasteiger partial charge in [-0.05, 0) is 18.6 Å². The van der Waals surface area contributed by atoms with Crippen LogP contribution in [0.4, 0.5) is 5.82 Å². The van der Waals surface area contributed by atoms with Gasteiger partial charge in [-0.15, -0.1) is 0 Å². The Bertz CT molecular complexity index is 350. The van der Waals surface area contributed by atoms with E-state index in [4.69, 9.17) is 0 Å². The van der Waals surface area contributed by atoms with Crippen LogP contribution in [0.2, 0.25) is 0 Å². The van der Waals surface area contributed by atoms with E-state index in [1.807, 2.05) is 18.8 Å². The van der Waals surface area contributed by atoms with Crippen molar-refractivity contribution in [2.45, 2.75) is 45.1 Å². The average molecular weight is 239 g/mol. The summed E-state index contributed by atoms with van der Waals surface area (Å²) < 4.78 is 0. The van der Waals surface area contributed by atoms with Gasteiger partial charge in [-0.25, -0.2) is 9.97 Å². The molecule has 4 heteroatoms. The second-order valence-corrected chi connectivity index (χ2v) is 5.58. The number of anilines is 1. The maximum absolute atomic E-state index is 4.55. The first-order chi connectivity index (χ1) is 7.58. The Balaban J connectivity index is 2.92. The van der Waals surface area contributed by atoms with Gasteiger partial charge in [0, 0.05) is 18.3 Å². The first-order valence-corrected chi connectivity index (χ1v) is 6.79. The largest absolute Gasteiger partial charge is 0.373 e. The third kappa shape index (κ3) is 3.37. The summed E-state index contributed by atoms with van der Waals surface area (Å²) in [4.78, 5) is 9.10. The van der Waals surface area contributed by atoms with Crippen molar-refractivity contribution in [3.8, 4) is 0 Å². The van der Waals surface area contributed by atoms with E-state index in [2.05, 4.69) is 43.0 Å². The highest BCUT2D eigenvalue weighted by Crippen LogP contribution is 2.20. The molecule has 1 heterocycles. The van der Waals surface area contributed by atoms with Crippen molar-refractivity contribution in [3.63, 3.8) is 0 Å². The van der Waals surface area contributed by atoms with Gasteiger partial charge in [0.2, 0.25) is 0 Å². The fourth-order valence-corrected chi connectivity index (χ4v) is 2.20. The summed E-state index contributed by atoms with van der Waals surface area (Å²) >= 11 is 1.87. The fraction of sp³-hybridized carbons (Fsp3) is 0.667. The topological polar surface area (TPSA) is 37.8 Å². The molecular formula is C12H21N3S. The monoisotopic (exact) mass is 239 g/mol. The molecule has 1 N–H and O–H groups in total. The highest BCUT2D eigenvalue weighted by atomic mass is 32.2. The lowest BCUT2D eigenvalue weighted by Gasteiger charge is -2.12. The zero-order chi connectivity index (χ0) is 12.1. The predicted molar refractivity (Wildman–Crippen MR) is 72.1 cm³/mol. The number of thioether (sulfide) groups is 1. The molecule has 0 amide bonds. The molecule has 0 saturated carbocycles. The zero-order valence-electron chi connectivity index (χ0n) is 10.8. The molecule has 1 aromatic rings. The Morgan fingerprint density at radius 1 is 1.31 bits per heavy atom. The zero-order valence-corrected chi connectivity index (χ0v) is 11.6. The molecule has 0 aliphatic heterocycles. The standard InChI is InChI=1S/C12H21N3S/c1-6-10-9(4)14-11(7-16-8(2)3)15-12(10)13-5/h8H,6-7H2,1-5H3,(H,13,14,15). The lowest BCUT2D eigenvalue weighted by molar-refractivity contribution is 0.938. The third-order valence-electron chi connectivity index (χ3n) is 2.40. The lowest BCUT2D eigenvalue weighted by Crippen LogP contribution is -2.07. The van der Waals surface area contributed by atoms with Gasteiger partial charge >= 0.3 is 0 Å². The van der Waals surface area contributed by atoms with E-state index in [0.29, 0.717) is 5.25 Å². The molecule has 90 valence electrons. The Hall–Kier alpha value is -0.770. The summed E-state index contributed by atoms with van der Waals surface area (Å²) in [5.41, 5.74) is 2.32. The van der Waals surface area contributed by atoms with Crippen molar-refractivity contribution in [2.75, 3.05) is 12.4 Å². The Labute approximate surface area is 102 Å². The number of hydrogen-bond acceptors (Lipinski definition) is 4. The number of nitrogens with zero attached hydrogens (tertiary/aromatic N) is 2. The molecule has 0 spiro atoms. The second kappa shape index (κ2) is 6.09. The Morgan fingerprint density at radius 2 is 2.00 bits per heavy atom. The SMILES string of the molecule is CCc1c(C)nc(CSC(C)C)nc1NC. The Kier molecular flexibility index (Phi) is 5.06. The summed E-state index contributed by atoms with van der Waals surface area (Å²) in [5, 5.41) is 3.77. The molecule has 0 radical (unpaired) electrons. The van der Waals surface area contributed by atoms with Crippen LogP contribution in [0.5, 0.6) is 0 Å². The minimum absolute atomic E-state index is 0.618. The van der Waals surface area contributed by atoms with Crippen molar-refractivity contribution in [3.05, 3.63) is 17.1 Å². The average Bonchev–Trinajstić information content (AvgIpc) is 2.25. The van der Waals surface area contributed by atoms with E-state index >= 15 is 0 Å². The fourth-order valence-electron chi connectivity index (χ4n) is 1.59. The second-order valence-electron chi connectivity index (χ2n) is 4.02. The molecule has 16 heavy (non-hydrogen) atoms. The molecule has 0 fully saturated rings. The third-order valence-corrected chi connectivity index (χ3v) is 3.49. The van der Waals surface area contributed by atoms with E-state index in [9.17, 15) is 0 Å². The normalized spacial score (nSPS) is 10.9. The van der Waals surface area contributed by atoms with Crippen molar-refractivity contribution in [2.24, 2.45) is 0 Å². The first-order valence-electron chi connectivity index (χ1n) is 5.74. The molecule has 0 unspecified atom stereocenters. The van der Waals surface area contributed by atoms with Crippen LogP contribution in [-0.2, 0) is 12.2 Å². The maximum atomic E-state index is 4.55. The summed E-state index contributed by atoms with van der Waals surface area (Å²) in [7, 11) is 1.92. The van der Waals surface area contributed by atoms with Crippen molar-refractivity contribution in [1.29, 1.82) is 0 Å². The van der Waals surface area contributed by atoms with Gasteiger partial charge in [0.25, 0.3) is 0 Å². The van der Waals surface area contributed by atoms with Gasteiger partial charge in [-0.3, -0.25) is 0 Å². The van der Waals surface area contributed by atoms with Crippen molar-refractivity contribution >= 4 is 17.6 Å². The van der Waals surface area contributed by atoms with Crippen LogP contribution in [0.15, 0.2) is 0 Å². The predicted octanol–water partition coefficient (Wildman–Crippen LogP) is 3.03. The van der Waals surface area contributed by atoms with Crippen LogP contribution in [-0.4, -0.2) is 22.3 Å². The quantitative estimate of drug-likeness (QED) is 0.857. The number of nitrogens with one attached hydrogen (secondary N) is 1. The highest BCUT2D eigenvalue weighted by Gasteiger charge is 2.09. The molecular weight excluding hydrogens is 218 g/mol. The number of aryl methyl sites for hydroxylation is 1. The van der Waals surface area contributed by atoms with E-state index in [1.165, 1.54) is 5.56 Å². The van der Waals surface area contributed by atoms with Gasteiger partial charge < -0.3 is 5.32 Å². The summed E-state index contributed by atoms with van der Waals surface area (Å²) in [6.07, 6.45) is 0.972. The van der Waals surface area contributed by atoms with Gasteiger partial charge in [-0.1, -0.05) is 20.8 Å². The molecule has 0 bridgehead atoms. The van der Waals surface area contributed by atoms with Crippen LogP contribution in [0.1, 0.15) is 37.9 Å². The first kappa shape index (κ1) is 13.3. The van der Waals surface area contributed by atoms with Crippen LogP contribution in [0.3, 0.4) is 0 Å².